The second kappa shape index (κ2) is 27.4. The maximum atomic E-state index is 8.07. The zero-order chi connectivity index (χ0) is 72.1. The fraction of sp³-hybridized carbons (Fsp3) is 0. The Morgan fingerprint density at radius 1 is 0.174 bits per heavy atom. The van der Waals surface area contributed by atoms with E-state index in [4.69, 9.17) is 4.42 Å². The molecular weight excluding hydrogens is 1330 g/mol. The van der Waals surface area contributed by atoms with Crippen LogP contribution in [0.15, 0.2) is 429 Å². The minimum absolute atomic E-state index is 0.788. The summed E-state index contributed by atoms with van der Waals surface area (Å²) < 4.78 is 12.9. The summed E-state index contributed by atoms with van der Waals surface area (Å²) in [7, 11) is 0. The molecular formula is C102H70N6O. The summed E-state index contributed by atoms with van der Waals surface area (Å²) in [4.78, 5) is 9.46. The van der Waals surface area contributed by atoms with Gasteiger partial charge in [0.15, 0.2) is 0 Å². The summed E-state index contributed by atoms with van der Waals surface area (Å²) in [5.41, 5.74) is 27.2. The van der Waals surface area contributed by atoms with Crippen molar-refractivity contribution in [2.24, 2.45) is 0 Å². The lowest BCUT2D eigenvalue weighted by Crippen LogP contribution is -2.10. The minimum atomic E-state index is 0.788. The van der Waals surface area contributed by atoms with Crippen LogP contribution in [0.2, 0.25) is 0 Å². The highest BCUT2D eigenvalue weighted by atomic mass is 16.3. The Morgan fingerprint density at radius 2 is 0.468 bits per heavy atom. The van der Waals surface area contributed by atoms with Gasteiger partial charge in [0.05, 0.1) is 43.9 Å². The van der Waals surface area contributed by atoms with Gasteiger partial charge in [-0.25, -0.2) is 0 Å². The van der Waals surface area contributed by atoms with E-state index < -0.39 is 0 Å². The molecule has 20 aromatic rings. The standard InChI is InChI=1S/C102H70N6O/c1-9-27-71(28-10-1)74-45-51-82(52-46-74)103(77-33-15-4-16-34-77)85-57-61-87(62-58-85)107-93-44-26-25-43-90(93)98-95(107)68-66-91-99-96(106(80-39-21-7-22-40-80)81-41-23-8-24-42-81)70-97-100(102(99)109-101(91)98)92-69-89(105(79-37-19-6-20-38-79)84-55-49-76(50-56-84)73-31-13-3-14-32-73)65-67-94(92)108(97)88-63-59-86(60-64-88)104(78-35-17-5-18-36-78)83-53-47-75(48-54-83)72-29-11-2-12-30-72/h1-70H. The van der Waals surface area contributed by atoms with Crippen molar-refractivity contribution < 1.29 is 4.42 Å². The molecule has 514 valence electrons. The minimum Gasteiger partial charge on any atom is -0.454 e. The largest absolute Gasteiger partial charge is 0.454 e. The molecule has 0 N–H and O–H groups in total. The van der Waals surface area contributed by atoms with Gasteiger partial charge in [-0.05, 0) is 221 Å². The summed E-state index contributed by atoms with van der Waals surface area (Å²) in [5, 5.41) is 6.18. The van der Waals surface area contributed by atoms with Crippen LogP contribution in [0.3, 0.4) is 0 Å². The molecule has 0 radical (unpaired) electrons. The molecule has 3 heterocycles. The molecule has 0 amide bonds. The van der Waals surface area contributed by atoms with E-state index in [9.17, 15) is 0 Å². The Labute approximate surface area is 632 Å². The van der Waals surface area contributed by atoms with Crippen LogP contribution >= 0.6 is 0 Å². The number of fused-ring (bicyclic) bond motifs is 11. The molecule has 20 rings (SSSR count). The highest BCUT2D eigenvalue weighted by Crippen LogP contribution is 2.53. The Balaban J connectivity index is 0.822. The van der Waals surface area contributed by atoms with Gasteiger partial charge in [-0.2, -0.15) is 0 Å². The predicted octanol–water partition coefficient (Wildman–Crippen LogP) is 28.7. The molecule has 0 unspecified atom stereocenters. The first-order chi connectivity index (χ1) is 54.1. The second-order valence-corrected chi connectivity index (χ2v) is 27.6. The van der Waals surface area contributed by atoms with Crippen molar-refractivity contribution in [2.45, 2.75) is 0 Å². The highest BCUT2D eigenvalue weighted by Gasteiger charge is 2.30. The molecule has 109 heavy (non-hydrogen) atoms. The lowest BCUT2D eigenvalue weighted by molar-refractivity contribution is 0.677. The summed E-state index contributed by atoms with van der Waals surface area (Å²) >= 11 is 0. The number of anilines is 12. The van der Waals surface area contributed by atoms with Crippen LogP contribution < -0.4 is 19.6 Å². The average molecular weight is 1400 g/mol. The molecule has 0 saturated heterocycles. The average Bonchev–Trinajstić information content (AvgIpc) is 1.53. The molecule has 17 aromatic carbocycles. The Kier molecular flexibility index (Phi) is 16.1. The number of hydrogen-bond acceptors (Lipinski definition) is 5. The van der Waals surface area contributed by atoms with Crippen LogP contribution in [-0.4, -0.2) is 9.13 Å². The van der Waals surface area contributed by atoms with E-state index in [1.807, 2.05) is 0 Å². The third-order valence-corrected chi connectivity index (χ3v) is 21.2. The zero-order valence-electron chi connectivity index (χ0n) is 59.5. The van der Waals surface area contributed by atoms with Crippen molar-refractivity contribution in [2.75, 3.05) is 19.6 Å². The number of benzene rings is 17. The fourth-order valence-corrected chi connectivity index (χ4v) is 16.2. The van der Waals surface area contributed by atoms with Gasteiger partial charge in [0, 0.05) is 90.1 Å². The van der Waals surface area contributed by atoms with E-state index in [0.717, 1.165) is 156 Å². The lowest BCUT2D eigenvalue weighted by Gasteiger charge is -2.27. The van der Waals surface area contributed by atoms with Gasteiger partial charge < -0.3 is 33.2 Å². The molecule has 0 aliphatic carbocycles. The highest BCUT2D eigenvalue weighted by molar-refractivity contribution is 6.32. The molecule has 3 aromatic heterocycles. The first-order valence-corrected chi connectivity index (χ1v) is 37.1. The summed E-state index contributed by atoms with van der Waals surface area (Å²) in [6, 6.07) is 153. The second-order valence-electron chi connectivity index (χ2n) is 27.6. The van der Waals surface area contributed by atoms with Gasteiger partial charge >= 0.3 is 0 Å². The molecule has 0 atom stereocenters. The summed E-state index contributed by atoms with van der Waals surface area (Å²) in [6.07, 6.45) is 0. The van der Waals surface area contributed by atoms with Gasteiger partial charge in [0.25, 0.3) is 0 Å². The Bertz CT molecular complexity index is 6600. The molecule has 0 bridgehead atoms. The van der Waals surface area contributed by atoms with Crippen LogP contribution in [0.4, 0.5) is 68.2 Å². The zero-order valence-corrected chi connectivity index (χ0v) is 59.5. The van der Waals surface area contributed by atoms with E-state index in [-0.39, 0.29) is 0 Å². The Hall–Kier alpha value is -14.7. The predicted molar refractivity (Wildman–Crippen MR) is 457 cm³/mol. The quantitative estimate of drug-likeness (QED) is 0.0908. The van der Waals surface area contributed by atoms with Crippen LogP contribution in [0, 0.1) is 0 Å². The number of hydrogen-bond donors (Lipinski definition) is 0. The van der Waals surface area contributed by atoms with E-state index in [1.54, 1.807) is 0 Å². The van der Waals surface area contributed by atoms with Gasteiger partial charge in [-0.1, -0.05) is 237 Å². The van der Waals surface area contributed by atoms with Gasteiger partial charge in [-0.15, -0.1) is 0 Å². The number of nitrogens with zero attached hydrogens (tertiary/aromatic N) is 6. The number of para-hydroxylation sites is 6. The van der Waals surface area contributed by atoms with Gasteiger partial charge in [0.1, 0.15) is 11.2 Å². The number of furan rings is 1. The third-order valence-electron chi connectivity index (χ3n) is 21.2. The van der Waals surface area contributed by atoms with Crippen LogP contribution in [0.25, 0.3) is 110 Å². The van der Waals surface area contributed by atoms with Crippen LogP contribution in [-0.2, 0) is 0 Å². The molecule has 0 fully saturated rings. The van der Waals surface area contributed by atoms with Crippen molar-refractivity contribution in [3.05, 3.63) is 425 Å². The lowest BCUT2D eigenvalue weighted by atomic mass is 10.0. The van der Waals surface area contributed by atoms with E-state index in [2.05, 4.69) is 453 Å². The Morgan fingerprint density at radius 3 is 0.881 bits per heavy atom. The van der Waals surface area contributed by atoms with E-state index in [0.29, 0.717) is 0 Å². The topological polar surface area (TPSA) is 36.0 Å². The first-order valence-electron chi connectivity index (χ1n) is 37.1. The van der Waals surface area contributed by atoms with Crippen molar-refractivity contribution in [3.8, 4) is 44.8 Å². The molecule has 0 saturated carbocycles. The maximum absolute atomic E-state index is 8.07. The molecule has 7 heteroatoms. The van der Waals surface area contributed by atoms with E-state index >= 15 is 0 Å². The van der Waals surface area contributed by atoms with Crippen molar-refractivity contribution in [1.29, 1.82) is 0 Å². The molecule has 0 aliphatic rings. The SMILES string of the molecule is c1ccc(-c2ccc(N(c3ccccc3)c3ccc(-n4c5ccccc5c5c6oc7c(c(N(c8ccccc8)c8ccccc8)cc8c7c7cc(N(c9ccccc9)c9ccc(-c%10ccccc%10)cc9)ccc7n8-c7ccc(N(c8ccccc8)c8ccc(-c9ccccc9)cc8)cc7)c6ccc54)cc3)cc2)cc1. The maximum Gasteiger partial charge on any atom is 0.147 e. The fourth-order valence-electron chi connectivity index (χ4n) is 16.2. The first kappa shape index (κ1) is 64.0. The number of rotatable bonds is 17. The van der Waals surface area contributed by atoms with Crippen molar-refractivity contribution in [1.82, 2.24) is 9.13 Å². The van der Waals surface area contributed by atoms with Gasteiger partial charge in [0.2, 0.25) is 0 Å². The van der Waals surface area contributed by atoms with E-state index in [1.165, 1.54) is 22.3 Å². The van der Waals surface area contributed by atoms with Gasteiger partial charge in [-0.3, -0.25) is 0 Å². The normalized spacial score (nSPS) is 11.5. The number of aromatic nitrogens is 2. The molecule has 7 nitrogen and oxygen atoms in total. The molecule has 0 spiro atoms. The van der Waals surface area contributed by atoms with Crippen molar-refractivity contribution in [3.63, 3.8) is 0 Å². The molecule has 0 aliphatic heterocycles. The smallest absolute Gasteiger partial charge is 0.147 e. The van der Waals surface area contributed by atoms with Crippen LogP contribution in [0.1, 0.15) is 0 Å². The summed E-state index contributed by atoms with van der Waals surface area (Å²) in [5.74, 6) is 0. The monoisotopic (exact) mass is 1390 g/mol. The van der Waals surface area contributed by atoms with Crippen molar-refractivity contribution >= 4 is 134 Å². The summed E-state index contributed by atoms with van der Waals surface area (Å²) in [6.45, 7) is 0. The van der Waals surface area contributed by atoms with Crippen LogP contribution in [0.5, 0.6) is 0 Å². The third kappa shape index (κ3) is 11.5.